The molecule has 0 aromatic heterocycles. The molecular weight excluding hydrogens is 238 g/mol. The minimum atomic E-state index is -1.10. The summed E-state index contributed by atoms with van der Waals surface area (Å²) in [5.41, 5.74) is 0. The van der Waals surface area contributed by atoms with Gasteiger partial charge in [-0.2, -0.15) is 0 Å². The van der Waals surface area contributed by atoms with Gasteiger partial charge in [0.15, 0.2) is 0 Å². The number of methoxy groups -OCH3 is 1. The van der Waals surface area contributed by atoms with Gasteiger partial charge in [-0.25, -0.2) is 4.79 Å². The van der Waals surface area contributed by atoms with Gasteiger partial charge >= 0.3 is 11.9 Å². The van der Waals surface area contributed by atoms with Crippen molar-refractivity contribution in [3.8, 4) is 0 Å². The topological polar surface area (TPSA) is 83.9 Å². The molecule has 1 unspecified atom stereocenters. The summed E-state index contributed by atoms with van der Waals surface area (Å²) >= 11 is 0. The molecule has 18 heavy (non-hydrogen) atoms. The fraction of sp³-hybridized carbons (Fsp3) is 0.583. The first-order valence-electron chi connectivity index (χ1n) is 5.71. The third kappa shape index (κ3) is 3.32. The normalized spacial score (nSPS) is 20.6. The number of carboxylic acid groups (broad SMARTS) is 1. The van der Waals surface area contributed by atoms with Gasteiger partial charge in [-0.3, -0.25) is 9.59 Å². The van der Waals surface area contributed by atoms with Crippen molar-refractivity contribution in [2.24, 2.45) is 5.92 Å². The van der Waals surface area contributed by atoms with Gasteiger partial charge in [0.25, 0.3) is 0 Å². The lowest BCUT2D eigenvalue weighted by atomic mass is 10.1. The van der Waals surface area contributed by atoms with Crippen molar-refractivity contribution in [1.29, 1.82) is 0 Å². The number of rotatable bonds is 6. The highest BCUT2D eigenvalue weighted by Gasteiger charge is 2.36. The van der Waals surface area contributed by atoms with Gasteiger partial charge < -0.3 is 14.7 Å². The van der Waals surface area contributed by atoms with E-state index in [0.29, 0.717) is 6.54 Å². The summed E-state index contributed by atoms with van der Waals surface area (Å²) < 4.78 is 4.46. The molecule has 6 heteroatoms. The average molecular weight is 255 g/mol. The molecule has 2 atom stereocenters. The largest absolute Gasteiger partial charge is 0.480 e. The number of aliphatic carboxylic acids is 1. The Morgan fingerprint density at radius 3 is 2.78 bits per heavy atom. The summed E-state index contributed by atoms with van der Waals surface area (Å²) in [4.78, 5) is 35.2. The van der Waals surface area contributed by atoms with Crippen LogP contribution in [0.3, 0.4) is 0 Å². The van der Waals surface area contributed by atoms with E-state index in [1.807, 2.05) is 0 Å². The van der Waals surface area contributed by atoms with Crippen LogP contribution in [0.25, 0.3) is 0 Å². The van der Waals surface area contributed by atoms with Crippen molar-refractivity contribution in [3.63, 3.8) is 0 Å². The Kier molecular flexibility index (Phi) is 4.88. The number of carbonyl (C=O) groups excluding carboxylic acids is 2. The van der Waals surface area contributed by atoms with Crippen molar-refractivity contribution in [2.75, 3.05) is 13.7 Å². The molecule has 1 aliphatic heterocycles. The number of likely N-dealkylation sites (tertiary alicyclic amines) is 1. The van der Waals surface area contributed by atoms with Gasteiger partial charge in [0.05, 0.1) is 7.11 Å². The Balaban J connectivity index is 2.67. The minimum absolute atomic E-state index is 0.0162. The van der Waals surface area contributed by atoms with Gasteiger partial charge in [0.2, 0.25) is 5.91 Å². The highest BCUT2D eigenvalue weighted by Crippen LogP contribution is 2.23. The van der Waals surface area contributed by atoms with Crippen LogP contribution in [-0.4, -0.2) is 47.5 Å². The van der Waals surface area contributed by atoms with E-state index < -0.39 is 18.0 Å². The summed E-state index contributed by atoms with van der Waals surface area (Å²) in [7, 11) is 1.24. The molecule has 0 radical (unpaired) electrons. The molecule has 1 amide bonds. The Hall–Kier alpha value is -1.85. The molecular formula is C12H17NO5. The van der Waals surface area contributed by atoms with Crippen LogP contribution in [0, 0.1) is 5.92 Å². The van der Waals surface area contributed by atoms with Gasteiger partial charge in [-0.15, -0.1) is 6.58 Å². The third-order valence-electron chi connectivity index (χ3n) is 3.03. The van der Waals surface area contributed by atoms with Gasteiger partial charge in [-0.05, 0) is 6.42 Å². The maximum atomic E-state index is 11.7. The predicted octanol–water partition coefficient (Wildman–Crippen LogP) is 0.427. The second-order valence-corrected chi connectivity index (χ2v) is 4.21. The average Bonchev–Trinajstić information content (AvgIpc) is 2.70. The van der Waals surface area contributed by atoms with E-state index in [-0.39, 0.29) is 31.1 Å². The van der Waals surface area contributed by atoms with E-state index in [1.165, 1.54) is 12.0 Å². The molecule has 6 nitrogen and oxygen atoms in total. The lowest BCUT2D eigenvalue weighted by Gasteiger charge is -2.24. The van der Waals surface area contributed by atoms with Crippen molar-refractivity contribution in [1.82, 2.24) is 4.90 Å². The lowest BCUT2D eigenvalue weighted by molar-refractivity contribution is -0.149. The number of esters is 1. The zero-order chi connectivity index (χ0) is 13.7. The van der Waals surface area contributed by atoms with Crippen LogP contribution in [-0.2, 0) is 19.1 Å². The van der Waals surface area contributed by atoms with Crippen LogP contribution in [0.15, 0.2) is 12.7 Å². The Morgan fingerprint density at radius 2 is 2.33 bits per heavy atom. The number of ether oxygens (including phenoxy) is 1. The van der Waals surface area contributed by atoms with Gasteiger partial charge in [-0.1, -0.05) is 6.08 Å². The van der Waals surface area contributed by atoms with Crippen LogP contribution in [0.2, 0.25) is 0 Å². The third-order valence-corrected chi connectivity index (χ3v) is 3.03. The second kappa shape index (κ2) is 6.18. The summed E-state index contributed by atoms with van der Waals surface area (Å²) in [5, 5.41) is 9.12. The number of carboxylic acids is 1. The first-order valence-corrected chi connectivity index (χ1v) is 5.71. The maximum Gasteiger partial charge on any atom is 0.326 e. The van der Waals surface area contributed by atoms with E-state index in [0.717, 1.165) is 0 Å². The summed E-state index contributed by atoms with van der Waals surface area (Å²) in [5.74, 6) is -1.81. The van der Waals surface area contributed by atoms with Crippen LogP contribution in [0.5, 0.6) is 0 Å². The molecule has 0 aromatic rings. The van der Waals surface area contributed by atoms with Crippen molar-refractivity contribution in [3.05, 3.63) is 12.7 Å². The van der Waals surface area contributed by atoms with Gasteiger partial charge in [0.1, 0.15) is 6.04 Å². The fourth-order valence-corrected chi connectivity index (χ4v) is 1.99. The summed E-state index contributed by atoms with van der Waals surface area (Å²) in [6.07, 6.45) is 1.98. The number of carbonyl (C=O) groups is 3. The van der Waals surface area contributed by atoms with E-state index in [9.17, 15) is 14.4 Å². The van der Waals surface area contributed by atoms with E-state index in [2.05, 4.69) is 11.3 Å². The summed E-state index contributed by atoms with van der Waals surface area (Å²) in [6.45, 7) is 3.95. The second-order valence-electron chi connectivity index (χ2n) is 4.21. The molecule has 1 rings (SSSR count). The number of nitrogens with zero attached hydrogens (tertiary/aromatic N) is 1. The molecule has 0 aliphatic carbocycles. The molecule has 1 heterocycles. The Labute approximate surface area is 105 Å². The van der Waals surface area contributed by atoms with E-state index in [1.54, 1.807) is 6.08 Å². The quantitative estimate of drug-likeness (QED) is 0.549. The molecule has 1 saturated heterocycles. The Morgan fingerprint density at radius 1 is 1.67 bits per heavy atom. The number of hydrogen-bond donors (Lipinski definition) is 1. The molecule has 0 spiro atoms. The minimum Gasteiger partial charge on any atom is -0.480 e. The molecule has 100 valence electrons. The van der Waals surface area contributed by atoms with Crippen LogP contribution < -0.4 is 0 Å². The molecule has 1 N–H and O–H groups in total. The smallest absolute Gasteiger partial charge is 0.326 e. The summed E-state index contributed by atoms with van der Waals surface area (Å²) in [6, 6.07) is -0.971. The molecule has 0 saturated carbocycles. The fourth-order valence-electron chi connectivity index (χ4n) is 1.99. The molecule has 0 bridgehead atoms. The monoisotopic (exact) mass is 255 g/mol. The van der Waals surface area contributed by atoms with Crippen LogP contribution >= 0.6 is 0 Å². The predicted molar refractivity (Wildman–Crippen MR) is 62.7 cm³/mol. The number of amides is 1. The van der Waals surface area contributed by atoms with E-state index in [4.69, 9.17) is 5.11 Å². The first-order chi connectivity index (χ1) is 8.49. The maximum absolute atomic E-state index is 11.7. The molecule has 1 aliphatic rings. The molecule has 1 fully saturated rings. The zero-order valence-electron chi connectivity index (χ0n) is 10.3. The first kappa shape index (κ1) is 14.2. The van der Waals surface area contributed by atoms with Crippen molar-refractivity contribution >= 4 is 17.8 Å². The highest BCUT2D eigenvalue weighted by atomic mass is 16.5. The van der Waals surface area contributed by atoms with Gasteiger partial charge in [0, 0.05) is 25.3 Å². The Bertz CT molecular complexity index is 365. The number of hydrogen-bond acceptors (Lipinski definition) is 4. The zero-order valence-corrected chi connectivity index (χ0v) is 10.3. The van der Waals surface area contributed by atoms with Crippen molar-refractivity contribution in [2.45, 2.75) is 25.3 Å². The highest BCUT2D eigenvalue weighted by molar-refractivity contribution is 5.85. The van der Waals surface area contributed by atoms with E-state index >= 15 is 0 Å². The lowest BCUT2D eigenvalue weighted by Crippen LogP contribution is -2.42. The SMILES string of the molecule is C=CC1CC(=O)N([C@@H](CCC(=O)OC)C(=O)O)C1. The molecule has 0 aromatic carbocycles. The van der Waals surface area contributed by atoms with Crippen LogP contribution in [0.4, 0.5) is 0 Å². The standard InChI is InChI=1S/C12H17NO5/c1-3-8-6-10(14)13(7-8)9(12(16)17)4-5-11(15)18-2/h3,8-9H,1,4-7H2,2H3,(H,16,17)/t8?,9-/m0/s1. The van der Waals surface area contributed by atoms with Crippen LogP contribution in [0.1, 0.15) is 19.3 Å². The van der Waals surface area contributed by atoms with Crippen molar-refractivity contribution < 1.29 is 24.2 Å².